The molecule has 12 nitrogen and oxygen atoms in total. The zero-order valence-electron chi connectivity index (χ0n) is 25.6. The minimum Gasteiger partial charge on any atom is -0.463 e. The van der Waals surface area contributed by atoms with Crippen LogP contribution in [0.3, 0.4) is 0 Å². The van der Waals surface area contributed by atoms with Gasteiger partial charge in [0.25, 0.3) is 15.9 Å². The average Bonchev–Trinajstić information content (AvgIpc) is 3.06. The van der Waals surface area contributed by atoms with E-state index in [1.807, 2.05) is 24.3 Å². The third-order valence-electron chi connectivity index (χ3n) is 8.32. The lowest BCUT2D eigenvalue weighted by molar-refractivity contribution is -0.158. The summed E-state index contributed by atoms with van der Waals surface area (Å²) in [4.78, 5) is 56.7. The van der Waals surface area contributed by atoms with Gasteiger partial charge in [0.05, 0.1) is 23.4 Å². The molecule has 2 aliphatic rings. The van der Waals surface area contributed by atoms with Crippen molar-refractivity contribution in [2.45, 2.75) is 24.8 Å². The van der Waals surface area contributed by atoms with Crippen LogP contribution in [0.2, 0.25) is 0 Å². The van der Waals surface area contributed by atoms with E-state index in [0.29, 0.717) is 30.5 Å². The van der Waals surface area contributed by atoms with Crippen LogP contribution in [0.5, 0.6) is 0 Å². The SMILES string of the molecule is COC(=O)C(=O)C(=O)N1CCN(C(=O)c2ccc(N3CCN(C(C)C)CC3)c(NS(=O)(=O)c3ccc4ccccc4c3)c2)CC1. The van der Waals surface area contributed by atoms with Gasteiger partial charge < -0.3 is 19.4 Å². The van der Waals surface area contributed by atoms with E-state index in [-0.39, 0.29) is 42.5 Å². The van der Waals surface area contributed by atoms with E-state index >= 15 is 0 Å². The highest BCUT2D eigenvalue weighted by Gasteiger charge is 2.33. The van der Waals surface area contributed by atoms with Crippen molar-refractivity contribution in [1.82, 2.24) is 14.7 Å². The molecule has 0 spiro atoms. The monoisotopic (exact) mass is 635 g/mol. The first-order valence-electron chi connectivity index (χ1n) is 14.8. The molecule has 0 aromatic heterocycles. The number of piperazine rings is 2. The lowest BCUT2D eigenvalue weighted by atomic mass is 10.1. The zero-order chi connectivity index (χ0) is 32.3. The number of rotatable bonds is 8. The topological polar surface area (TPSA) is 137 Å². The Labute approximate surface area is 262 Å². The first-order valence-corrected chi connectivity index (χ1v) is 16.3. The van der Waals surface area contributed by atoms with Gasteiger partial charge in [0.15, 0.2) is 0 Å². The maximum Gasteiger partial charge on any atom is 0.384 e. The molecule has 5 rings (SSSR count). The number of hydrogen-bond donors (Lipinski definition) is 1. The van der Waals surface area contributed by atoms with Crippen molar-refractivity contribution in [2.24, 2.45) is 0 Å². The second-order valence-electron chi connectivity index (χ2n) is 11.4. The van der Waals surface area contributed by atoms with Gasteiger partial charge in [-0.3, -0.25) is 24.0 Å². The van der Waals surface area contributed by atoms with E-state index < -0.39 is 27.7 Å². The second kappa shape index (κ2) is 13.2. The molecule has 0 saturated carbocycles. The van der Waals surface area contributed by atoms with Crippen molar-refractivity contribution in [3.63, 3.8) is 0 Å². The van der Waals surface area contributed by atoms with Crippen LogP contribution in [-0.4, -0.2) is 112 Å². The van der Waals surface area contributed by atoms with Crippen LogP contribution < -0.4 is 9.62 Å². The van der Waals surface area contributed by atoms with Crippen molar-refractivity contribution in [2.75, 3.05) is 69.1 Å². The molecule has 2 aliphatic heterocycles. The number of fused-ring (bicyclic) bond motifs is 1. The molecule has 3 aromatic carbocycles. The van der Waals surface area contributed by atoms with Crippen molar-refractivity contribution in [3.05, 3.63) is 66.2 Å². The molecule has 0 atom stereocenters. The fourth-order valence-corrected chi connectivity index (χ4v) is 6.76. The average molecular weight is 636 g/mol. The van der Waals surface area contributed by atoms with E-state index in [9.17, 15) is 27.6 Å². The number of carbonyl (C=O) groups is 4. The summed E-state index contributed by atoms with van der Waals surface area (Å²) in [6, 6.07) is 17.9. The quantitative estimate of drug-likeness (QED) is 0.224. The Morgan fingerprint density at radius 1 is 0.778 bits per heavy atom. The maximum atomic E-state index is 13.7. The first kappa shape index (κ1) is 31.9. The Bertz CT molecular complexity index is 1730. The van der Waals surface area contributed by atoms with E-state index in [2.05, 4.69) is 33.1 Å². The maximum absolute atomic E-state index is 13.7. The summed E-state index contributed by atoms with van der Waals surface area (Å²) in [5.74, 6) is -3.81. The fourth-order valence-electron chi connectivity index (χ4n) is 5.66. The number of anilines is 2. The van der Waals surface area contributed by atoms with Crippen molar-refractivity contribution in [3.8, 4) is 0 Å². The third kappa shape index (κ3) is 6.94. The van der Waals surface area contributed by atoms with Gasteiger partial charge in [-0.2, -0.15) is 0 Å². The molecule has 0 unspecified atom stereocenters. The van der Waals surface area contributed by atoms with Gasteiger partial charge in [0.1, 0.15) is 0 Å². The van der Waals surface area contributed by atoms with Gasteiger partial charge in [0.2, 0.25) is 0 Å². The zero-order valence-corrected chi connectivity index (χ0v) is 26.4. The highest BCUT2D eigenvalue weighted by Crippen LogP contribution is 2.32. The summed E-state index contributed by atoms with van der Waals surface area (Å²) in [6.45, 7) is 7.70. The van der Waals surface area contributed by atoms with E-state index in [1.54, 1.807) is 36.4 Å². The summed E-state index contributed by atoms with van der Waals surface area (Å²) in [6.07, 6.45) is 0. The number of nitrogens with zero attached hydrogens (tertiary/aromatic N) is 4. The molecular formula is C32H37N5O7S. The Morgan fingerprint density at radius 3 is 2.07 bits per heavy atom. The van der Waals surface area contributed by atoms with Crippen molar-refractivity contribution >= 4 is 55.7 Å². The molecule has 3 aromatic rings. The van der Waals surface area contributed by atoms with E-state index in [1.165, 1.54) is 9.80 Å². The number of Topliss-reactive ketones (excluding diaryl/α,β-unsaturated/α-hetero) is 1. The Kier molecular flexibility index (Phi) is 9.40. The molecule has 45 heavy (non-hydrogen) atoms. The number of sulfonamides is 1. The Hall–Kier alpha value is -4.49. The van der Waals surface area contributed by atoms with Crippen LogP contribution in [0, 0.1) is 0 Å². The number of hydrogen-bond acceptors (Lipinski definition) is 9. The lowest BCUT2D eigenvalue weighted by Crippen LogP contribution is -2.53. The molecule has 0 radical (unpaired) electrons. The molecule has 13 heteroatoms. The third-order valence-corrected chi connectivity index (χ3v) is 9.69. The number of amides is 2. The van der Waals surface area contributed by atoms with Gasteiger partial charge in [-0.15, -0.1) is 0 Å². The molecule has 1 N–H and O–H groups in total. The first-order chi connectivity index (χ1) is 21.5. The standard InChI is InChI=1S/C32H37N5O7S/c1-22(2)34-12-14-35(15-13-34)28-11-9-25(30(39)36-16-18-37(19-17-36)31(40)29(38)32(41)44-3)21-27(28)33-45(42,43)26-10-8-23-6-4-5-7-24(23)20-26/h4-11,20-22,33H,12-19H2,1-3H3. The molecule has 238 valence electrons. The smallest absolute Gasteiger partial charge is 0.384 e. The number of nitrogens with one attached hydrogen (secondary N) is 1. The predicted octanol–water partition coefficient (Wildman–Crippen LogP) is 2.20. The highest BCUT2D eigenvalue weighted by molar-refractivity contribution is 7.92. The minimum atomic E-state index is -4.02. The van der Waals surface area contributed by atoms with Gasteiger partial charge >= 0.3 is 17.7 Å². The summed E-state index contributed by atoms with van der Waals surface area (Å²) >= 11 is 0. The van der Waals surface area contributed by atoms with E-state index in [4.69, 9.17) is 0 Å². The van der Waals surface area contributed by atoms with Gasteiger partial charge in [-0.25, -0.2) is 13.2 Å². The van der Waals surface area contributed by atoms with Crippen LogP contribution in [0.25, 0.3) is 10.8 Å². The predicted molar refractivity (Wildman–Crippen MR) is 170 cm³/mol. The van der Waals surface area contributed by atoms with Gasteiger partial charge in [-0.1, -0.05) is 30.3 Å². The lowest BCUT2D eigenvalue weighted by Gasteiger charge is -2.39. The normalized spacial score (nSPS) is 16.1. The number of esters is 1. The Morgan fingerprint density at radius 2 is 1.42 bits per heavy atom. The highest BCUT2D eigenvalue weighted by atomic mass is 32.2. The molecule has 0 bridgehead atoms. The minimum absolute atomic E-state index is 0.0625. The Balaban J connectivity index is 1.39. The van der Waals surface area contributed by atoms with Crippen molar-refractivity contribution in [1.29, 1.82) is 0 Å². The molecular weight excluding hydrogens is 598 g/mol. The number of methoxy groups -OCH3 is 1. The summed E-state index contributed by atoms with van der Waals surface area (Å²) in [5.41, 5.74) is 1.25. The summed E-state index contributed by atoms with van der Waals surface area (Å²) in [7, 11) is -2.99. The number of benzene rings is 3. The van der Waals surface area contributed by atoms with Crippen LogP contribution in [0.1, 0.15) is 24.2 Å². The molecule has 2 fully saturated rings. The van der Waals surface area contributed by atoms with Crippen LogP contribution in [-0.2, 0) is 29.1 Å². The van der Waals surface area contributed by atoms with Crippen LogP contribution in [0.15, 0.2) is 65.6 Å². The van der Waals surface area contributed by atoms with E-state index in [0.717, 1.165) is 31.0 Å². The summed E-state index contributed by atoms with van der Waals surface area (Å²) in [5, 5.41) is 1.71. The molecule has 2 heterocycles. The van der Waals surface area contributed by atoms with Gasteiger partial charge in [0, 0.05) is 64.0 Å². The molecule has 0 aliphatic carbocycles. The van der Waals surface area contributed by atoms with Crippen LogP contribution in [0.4, 0.5) is 11.4 Å². The molecule has 2 amide bonds. The fraction of sp³-hybridized carbons (Fsp3) is 0.375. The number of carbonyl (C=O) groups excluding carboxylic acids is 4. The van der Waals surface area contributed by atoms with Gasteiger partial charge in [-0.05, 0) is 55.0 Å². The van der Waals surface area contributed by atoms with Crippen LogP contribution >= 0.6 is 0 Å². The summed E-state index contributed by atoms with van der Waals surface area (Å²) < 4.78 is 34.5. The van der Waals surface area contributed by atoms with Crippen molar-refractivity contribution < 1.29 is 32.3 Å². The number of ketones is 1. The second-order valence-corrected chi connectivity index (χ2v) is 13.1. The molecule has 2 saturated heterocycles. The largest absolute Gasteiger partial charge is 0.463 e. The number of ether oxygens (including phenoxy) is 1.